The van der Waals surface area contributed by atoms with E-state index in [1.807, 2.05) is 0 Å². The molecular weight excluding hydrogens is 420 g/mol. The quantitative estimate of drug-likeness (QED) is 0.280. The second-order valence-electron chi connectivity index (χ2n) is 13.2. The fourth-order valence-corrected chi connectivity index (χ4v) is 8.28. The Morgan fingerprint density at radius 1 is 0.629 bits per heavy atom. The monoisotopic (exact) mass is 478 g/mol. The molecule has 0 heterocycles. The maximum atomic E-state index is 2.53. The van der Waals surface area contributed by atoms with Gasteiger partial charge in [-0.25, -0.2) is 0 Å². The first-order chi connectivity index (χ1) is 17.2. The maximum absolute atomic E-state index is 2.53. The molecule has 1 aromatic rings. The normalized spacial score (nSPS) is 29.2. The predicted molar refractivity (Wildman–Crippen MR) is 154 cm³/mol. The van der Waals surface area contributed by atoms with Crippen LogP contribution in [0.3, 0.4) is 0 Å². The smallest absolute Gasteiger partial charge is 0.0162 e. The second-order valence-corrected chi connectivity index (χ2v) is 13.2. The summed E-state index contributed by atoms with van der Waals surface area (Å²) in [4.78, 5) is 0. The molecule has 0 aromatic heterocycles. The van der Waals surface area contributed by atoms with Crippen molar-refractivity contribution in [3.05, 3.63) is 35.4 Å². The molecule has 0 saturated heterocycles. The van der Waals surface area contributed by atoms with Gasteiger partial charge in [0.1, 0.15) is 0 Å². The molecular formula is C35H58. The Kier molecular flexibility index (Phi) is 11.6. The molecule has 3 saturated carbocycles. The van der Waals surface area contributed by atoms with E-state index in [2.05, 4.69) is 38.1 Å². The molecule has 0 N–H and O–H groups in total. The summed E-state index contributed by atoms with van der Waals surface area (Å²) in [5.41, 5.74) is 3.27. The van der Waals surface area contributed by atoms with Gasteiger partial charge in [-0.15, -0.1) is 0 Å². The van der Waals surface area contributed by atoms with E-state index in [4.69, 9.17) is 0 Å². The molecule has 1 unspecified atom stereocenters. The number of benzene rings is 1. The number of rotatable bonds is 12. The molecule has 3 fully saturated rings. The second kappa shape index (κ2) is 14.8. The zero-order valence-electron chi connectivity index (χ0n) is 23.6. The van der Waals surface area contributed by atoms with Crippen LogP contribution in [0.4, 0.5) is 0 Å². The van der Waals surface area contributed by atoms with Crippen molar-refractivity contribution in [3.63, 3.8) is 0 Å². The Morgan fingerprint density at radius 2 is 1.23 bits per heavy atom. The average molecular weight is 479 g/mol. The lowest BCUT2D eigenvalue weighted by atomic mass is 9.72. The first-order valence-electron chi connectivity index (χ1n) is 16.3. The van der Waals surface area contributed by atoms with E-state index in [1.54, 1.807) is 11.1 Å². The number of hydrogen-bond acceptors (Lipinski definition) is 0. The van der Waals surface area contributed by atoms with E-state index in [9.17, 15) is 0 Å². The SMILES string of the molecule is CCCCC1CCC(CCC(Cc2ccc(C3CCC(CCC)CC3)cc2)C2CCCCC2)CC1. The van der Waals surface area contributed by atoms with Gasteiger partial charge in [-0.05, 0) is 85.2 Å². The van der Waals surface area contributed by atoms with Crippen molar-refractivity contribution in [3.8, 4) is 0 Å². The van der Waals surface area contributed by atoms with Gasteiger partial charge < -0.3 is 0 Å². The van der Waals surface area contributed by atoms with Crippen LogP contribution < -0.4 is 0 Å². The number of unbranched alkanes of at least 4 members (excludes halogenated alkanes) is 1. The van der Waals surface area contributed by atoms with Gasteiger partial charge >= 0.3 is 0 Å². The Balaban J connectivity index is 1.28. The third kappa shape index (κ3) is 8.64. The summed E-state index contributed by atoms with van der Waals surface area (Å²) in [5, 5.41) is 0. The van der Waals surface area contributed by atoms with Crippen LogP contribution in [0.1, 0.15) is 159 Å². The van der Waals surface area contributed by atoms with Crippen LogP contribution in [0.2, 0.25) is 0 Å². The summed E-state index contributed by atoms with van der Waals surface area (Å²) in [7, 11) is 0. The minimum Gasteiger partial charge on any atom is -0.0654 e. The first kappa shape index (κ1) is 27.3. The van der Waals surface area contributed by atoms with Crippen molar-refractivity contribution < 1.29 is 0 Å². The molecule has 35 heavy (non-hydrogen) atoms. The molecule has 0 spiro atoms. The van der Waals surface area contributed by atoms with Crippen molar-refractivity contribution in [1.82, 2.24) is 0 Å². The fraction of sp³-hybridized carbons (Fsp3) is 0.829. The van der Waals surface area contributed by atoms with Gasteiger partial charge in [-0.3, -0.25) is 0 Å². The van der Waals surface area contributed by atoms with Crippen LogP contribution in [0.5, 0.6) is 0 Å². The lowest BCUT2D eigenvalue weighted by molar-refractivity contribution is 0.196. The van der Waals surface area contributed by atoms with E-state index in [1.165, 1.54) is 135 Å². The van der Waals surface area contributed by atoms with Crippen molar-refractivity contribution in [2.75, 3.05) is 0 Å². The molecule has 0 bridgehead atoms. The van der Waals surface area contributed by atoms with Crippen LogP contribution in [0.25, 0.3) is 0 Å². The lowest BCUT2D eigenvalue weighted by Crippen LogP contribution is -2.22. The lowest BCUT2D eigenvalue weighted by Gasteiger charge is -2.33. The van der Waals surface area contributed by atoms with Gasteiger partial charge in [-0.2, -0.15) is 0 Å². The van der Waals surface area contributed by atoms with Crippen molar-refractivity contribution in [1.29, 1.82) is 0 Å². The minimum absolute atomic E-state index is 0.832. The molecule has 1 atom stereocenters. The highest BCUT2D eigenvalue weighted by atomic mass is 14.3. The summed E-state index contributed by atoms with van der Waals surface area (Å²) < 4.78 is 0. The Hall–Kier alpha value is -0.780. The molecule has 0 amide bonds. The molecule has 3 aliphatic carbocycles. The van der Waals surface area contributed by atoms with Crippen LogP contribution in [-0.2, 0) is 6.42 Å². The van der Waals surface area contributed by atoms with Crippen LogP contribution in [-0.4, -0.2) is 0 Å². The predicted octanol–water partition coefficient (Wildman–Crippen LogP) is 11.3. The van der Waals surface area contributed by atoms with Crippen LogP contribution in [0, 0.1) is 29.6 Å². The van der Waals surface area contributed by atoms with Gasteiger partial charge in [0, 0.05) is 0 Å². The molecule has 0 aliphatic heterocycles. The van der Waals surface area contributed by atoms with E-state index >= 15 is 0 Å². The topological polar surface area (TPSA) is 0 Å². The van der Waals surface area contributed by atoms with Crippen LogP contribution in [0.15, 0.2) is 24.3 Å². The van der Waals surface area contributed by atoms with Gasteiger partial charge in [0.15, 0.2) is 0 Å². The molecule has 0 nitrogen and oxygen atoms in total. The summed E-state index contributed by atoms with van der Waals surface area (Å²) in [6.45, 7) is 4.70. The van der Waals surface area contributed by atoms with E-state index in [0.717, 1.165) is 35.5 Å². The molecule has 3 aliphatic rings. The molecule has 1 aromatic carbocycles. The van der Waals surface area contributed by atoms with Gasteiger partial charge in [0.05, 0.1) is 0 Å². The third-order valence-electron chi connectivity index (χ3n) is 10.7. The van der Waals surface area contributed by atoms with Crippen LogP contribution >= 0.6 is 0 Å². The zero-order valence-corrected chi connectivity index (χ0v) is 23.6. The highest BCUT2D eigenvalue weighted by Crippen LogP contribution is 2.40. The number of hydrogen-bond donors (Lipinski definition) is 0. The molecule has 198 valence electrons. The first-order valence-corrected chi connectivity index (χ1v) is 16.3. The van der Waals surface area contributed by atoms with Gasteiger partial charge in [0.2, 0.25) is 0 Å². The average Bonchev–Trinajstić information content (AvgIpc) is 2.92. The zero-order chi connectivity index (χ0) is 24.3. The Bertz CT molecular complexity index is 664. The Morgan fingerprint density at radius 3 is 1.86 bits per heavy atom. The molecule has 0 heteroatoms. The van der Waals surface area contributed by atoms with E-state index in [0.29, 0.717) is 0 Å². The molecule has 0 radical (unpaired) electrons. The maximum Gasteiger partial charge on any atom is -0.0162 e. The summed E-state index contributed by atoms with van der Waals surface area (Å²) in [6.07, 6.45) is 30.9. The standard InChI is InChI=1S/C35H58/c1-3-5-10-29-13-15-30(16-14-29)19-26-35(32-11-7-6-8-12-32)27-31-20-24-34(25-21-31)33-22-17-28(9-4-2)18-23-33/h20-21,24-25,28-30,32-33,35H,3-19,22-23,26-27H2,1-2H3. The third-order valence-corrected chi connectivity index (χ3v) is 10.7. The minimum atomic E-state index is 0.832. The van der Waals surface area contributed by atoms with Gasteiger partial charge in [0.25, 0.3) is 0 Å². The summed E-state index contributed by atoms with van der Waals surface area (Å²) >= 11 is 0. The Labute approximate surface area is 219 Å². The van der Waals surface area contributed by atoms with E-state index < -0.39 is 0 Å². The highest BCUT2D eigenvalue weighted by Gasteiger charge is 2.27. The van der Waals surface area contributed by atoms with Crippen molar-refractivity contribution in [2.24, 2.45) is 29.6 Å². The van der Waals surface area contributed by atoms with Crippen molar-refractivity contribution in [2.45, 2.75) is 155 Å². The highest BCUT2D eigenvalue weighted by molar-refractivity contribution is 5.26. The summed E-state index contributed by atoms with van der Waals surface area (Å²) in [5.74, 6) is 5.86. The molecule has 4 rings (SSSR count). The van der Waals surface area contributed by atoms with Crippen molar-refractivity contribution >= 4 is 0 Å². The van der Waals surface area contributed by atoms with E-state index in [-0.39, 0.29) is 0 Å². The fourth-order valence-electron chi connectivity index (χ4n) is 8.28. The largest absolute Gasteiger partial charge is 0.0654 e. The summed E-state index contributed by atoms with van der Waals surface area (Å²) in [6, 6.07) is 10.1. The van der Waals surface area contributed by atoms with Gasteiger partial charge in [-0.1, -0.05) is 134 Å².